The molecule has 0 bridgehead atoms. The highest BCUT2D eigenvalue weighted by molar-refractivity contribution is 8.27. The van der Waals surface area contributed by atoms with Gasteiger partial charge < -0.3 is 9.47 Å². The van der Waals surface area contributed by atoms with Crippen molar-refractivity contribution in [3.8, 4) is 11.5 Å². The molecule has 10 heteroatoms. The van der Waals surface area contributed by atoms with E-state index in [-0.39, 0.29) is 11.4 Å². The number of hydrazone groups is 1. The number of nitrogens with zero attached hydrogens (tertiary/aromatic N) is 4. The van der Waals surface area contributed by atoms with Crippen LogP contribution >= 0.6 is 23.5 Å². The molecule has 8 nitrogen and oxygen atoms in total. The van der Waals surface area contributed by atoms with Gasteiger partial charge in [0.2, 0.25) is 5.17 Å². The molecule has 0 saturated carbocycles. The summed E-state index contributed by atoms with van der Waals surface area (Å²) in [6.45, 7) is 0.515. The van der Waals surface area contributed by atoms with Gasteiger partial charge in [0.1, 0.15) is 5.04 Å². The third-order valence-electron chi connectivity index (χ3n) is 5.21. The Morgan fingerprint density at radius 1 is 1.11 bits per heavy atom. The summed E-state index contributed by atoms with van der Waals surface area (Å²) < 4.78 is 11.4. The zero-order valence-electron chi connectivity index (χ0n) is 19.2. The van der Waals surface area contributed by atoms with Crippen molar-refractivity contribution in [3.63, 3.8) is 0 Å². The number of aromatic nitrogens is 1. The molecule has 0 fully saturated rings. The highest BCUT2D eigenvalue weighted by atomic mass is 32.2. The van der Waals surface area contributed by atoms with E-state index in [0.29, 0.717) is 33.9 Å². The number of carbonyl (C=O) groups is 1. The number of pyridine rings is 1. The molecule has 1 amide bonds. The van der Waals surface area contributed by atoms with Crippen LogP contribution in [0.1, 0.15) is 11.1 Å². The average Bonchev–Trinajstić information content (AvgIpc) is 3.35. The van der Waals surface area contributed by atoms with Crippen molar-refractivity contribution in [1.29, 1.82) is 5.41 Å². The van der Waals surface area contributed by atoms with E-state index in [4.69, 9.17) is 14.9 Å². The van der Waals surface area contributed by atoms with Gasteiger partial charge in [-0.05, 0) is 59.8 Å². The van der Waals surface area contributed by atoms with Gasteiger partial charge in [0.25, 0.3) is 5.91 Å². The Balaban J connectivity index is 1.29. The van der Waals surface area contributed by atoms with Crippen molar-refractivity contribution in [3.05, 3.63) is 89.8 Å². The smallest absolute Gasteiger partial charge is 0.283 e. The number of amidine groups is 2. The molecule has 0 aliphatic carbocycles. The van der Waals surface area contributed by atoms with Gasteiger partial charge in [0.15, 0.2) is 17.3 Å². The number of methoxy groups -OCH3 is 1. The first-order valence-corrected chi connectivity index (χ1v) is 12.8. The van der Waals surface area contributed by atoms with E-state index >= 15 is 0 Å². The molecule has 2 aromatic carbocycles. The van der Waals surface area contributed by atoms with Gasteiger partial charge in [0, 0.05) is 28.6 Å². The number of fused-ring (bicyclic) bond motifs is 1. The minimum atomic E-state index is -0.487. The number of thioether (sulfide) groups is 2. The minimum Gasteiger partial charge on any atom is -0.493 e. The van der Waals surface area contributed by atoms with Crippen LogP contribution in [0, 0.1) is 5.41 Å². The van der Waals surface area contributed by atoms with Gasteiger partial charge in [-0.15, -0.1) is 11.8 Å². The maximum absolute atomic E-state index is 12.7. The topological polar surface area (TPSA) is 100 Å². The number of benzene rings is 2. The minimum absolute atomic E-state index is 0.0337. The number of amides is 1. The molecule has 2 aliphatic heterocycles. The number of aliphatic imine (C=N–C) groups is 1. The number of rotatable bonds is 8. The predicted octanol–water partition coefficient (Wildman–Crippen LogP) is 4.93. The monoisotopic (exact) mass is 515 g/mol. The molecule has 3 aromatic rings. The molecule has 0 saturated heterocycles. The number of carbonyl (C=O) groups excluding carboxylic acids is 1. The van der Waals surface area contributed by atoms with Crippen LogP contribution in [-0.4, -0.2) is 51.4 Å². The van der Waals surface area contributed by atoms with Gasteiger partial charge in [-0.3, -0.25) is 15.2 Å². The number of ether oxygens (including phenoxy) is 2. The summed E-state index contributed by atoms with van der Waals surface area (Å²) in [5, 5.41) is 15.4. The first-order valence-electron chi connectivity index (χ1n) is 11.0. The van der Waals surface area contributed by atoms with Crippen molar-refractivity contribution < 1.29 is 14.3 Å². The molecule has 3 heterocycles. The lowest BCUT2D eigenvalue weighted by Gasteiger charge is -2.20. The van der Waals surface area contributed by atoms with Crippen LogP contribution in [0.4, 0.5) is 0 Å². The van der Waals surface area contributed by atoms with Crippen molar-refractivity contribution in [1.82, 2.24) is 9.99 Å². The molecule has 0 radical (unpaired) electrons. The third-order valence-corrected chi connectivity index (χ3v) is 7.15. The molecule has 5 rings (SSSR count). The van der Waals surface area contributed by atoms with Crippen LogP contribution < -0.4 is 9.47 Å². The normalized spacial score (nSPS) is 16.0. The zero-order chi connectivity index (χ0) is 24.9. The van der Waals surface area contributed by atoms with E-state index in [9.17, 15) is 4.79 Å². The molecule has 0 unspecified atom stereocenters. The summed E-state index contributed by atoms with van der Waals surface area (Å²) in [4.78, 5) is 22.2. The standard InChI is InChI=1S/C26H21N5O3S2/c1-33-22-15-17(9-10-21(22)34-12-13-35-19-7-3-2-4-8-19)14-20-23(27)31-26(29-24(20)32)36-25(30-31)18-6-5-11-28-16-18/h2-11,14-16,27H,12-13H2,1H3/b20-14-,27-23?. The molecular formula is C26H21N5O3S2. The first kappa shape index (κ1) is 23.8. The van der Waals surface area contributed by atoms with E-state index < -0.39 is 5.91 Å². The van der Waals surface area contributed by atoms with E-state index in [2.05, 4.69) is 27.2 Å². The molecular weight excluding hydrogens is 494 g/mol. The quantitative estimate of drug-likeness (QED) is 0.258. The van der Waals surface area contributed by atoms with E-state index in [1.807, 2.05) is 36.4 Å². The van der Waals surface area contributed by atoms with Crippen molar-refractivity contribution in [2.75, 3.05) is 19.5 Å². The lowest BCUT2D eigenvalue weighted by molar-refractivity contribution is -0.114. The van der Waals surface area contributed by atoms with Crippen molar-refractivity contribution >= 4 is 51.6 Å². The second-order valence-corrected chi connectivity index (χ2v) is 9.71. The summed E-state index contributed by atoms with van der Waals surface area (Å²) in [7, 11) is 1.57. The predicted molar refractivity (Wildman–Crippen MR) is 144 cm³/mol. The Morgan fingerprint density at radius 3 is 2.75 bits per heavy atom. The molecule has 1 N–H and O–H groups in total. The van der Waals surface area contributed by atoms with E-state index in [1.54, 1.807) is 49.5 Å². The van der Waals surface area contributed by atoms with Crippen LogP contribution in [0.3, 0.4) is 0 Å². The Bertz CT molecular complexity index is 1390. The Kier molecular flexibility index (Phi) is 7.15. The summed E-state index contributed by atoms with van der Waals surface area (Å²) >= 11 is 2.96. The Morgan fingerprint density at radius 2 is 1.97 bits per heavy atom. The second-order valence-electron chi connectivity index (χ2n) is 7.59. The zero-order valence-corrected chi connectivity index (χ0v) is 20.9. The van der Waals surface area contributed by atoms with Crippen LogP contribution in [-0.2, 0) is 4.79 Å². The molecule has 2 aliphatic rings. The van der Waals surface area contributed by atoms with Crippen molar-refractivity contribution in [2.24, 2.45) is 10.1 Å². The first-order chi connectivity index (χ1) is 17.6. The van der Waals surface area contributed by atoms with Crippen LogP contribution in [0.5, 0.6) is 11.5 Å². The number of nitrogens with one attached hydrogen (secondary N) is 1. The fourth-order valence-corrected chi connectivity index (χ4v) is 5.12. The van der Waals surface area contributed by atoms with Gasteiger partial charge >= 0.3 is 0 Å². The lowest BCUT2D eigenvalue weighted by atomic mass is 10.1. The number of hydrogen-bond acceptors (Lipinski definition) is 8. The fourth-order valence-electron chi connectivity index (χ4n) is 3.49. The summed E-state index contributed by atoms with van der Waals surface area (Å²) in [6.07, 6.45) is 4.98. The van der Waals surface area contributed by atoms with E-state index in [1.165, 1.54) is 21.7 Å². The van der Waals surface area contributed by atoms with Gasteiger partial charge in [0.05, 0.1) is 19.3 Å². The molecule has 1 aromatic heterocycles. The van der Waals surface area contributed by atoms with Crippen LogP contribution in [0.2, 0.25) is 0 Å². The van der Waals surface area contributed by atoms with Gasteiger partial charge in [-0.1, -0.05) is 24.3 Å². The summed E-state index contributed by atoms with van der Waals surface area (Å²) in [5.41, 5.74) is 1.63. The van der Waals surface area contributed by atoms with Gasteiger partial charge in [-0.2, -0.15) is 15.1 Å². The fraction of sp³-hybridized carbons (Fsp3) is 0.115. The van der Waals surface area contributed by atoms with E-state index in [0.717, 1.165) is 11.3 Å². The Hall–Kier alpha value is -3.89. The summed E-state index contributed by atoms with van der Waals surface area (Å²) in [6, 6.07) is 19.2. The van der Waals surface area contributed by atoms with Crippen LogP contribution in [0.25, 0.3) is 6.08 Å². The summed E-state index contributed by atoms with van der Waals surface area (Å²) in [5.74, 6) is 1.43. The average molecular weight is 516 g/mol. The molecule has 0 atom stereocenters. The maximum atomic E-state index is 12.7. The maximum Gasteiger partial charge on any atom is 0.283 e. The van der Waals surface area contributed by atoms with Crippen LogP contribution in [0.15, 0.2) is 93.6 Å². The molecule has 36 heavy (non-hydrogen) atoms. The van der Waals surface area contributed by atoms with Crippen molar-refractivity contribution in [2.45, 2.75) is 4.90 Å². The largest absolute Gasteiger partial charge is 0.493 e. The highest BCUT2D eigenvalue weighted by Crippen LogP contribution is 2.33. The molecule has 0 spiro atoms. The van der Waals surface area contributed by atoms with Gasteiger partial charge in [-0.25, -0.2) is 0 Å². The third kappa shape index (κ3) is 5.19. The highest BCUT2D eigenvalue weighted by Gasteiger charge is 2.36. The lowest BCUT2D eigenvalue weighted by Crippen LogP contribution is -2.35. The molecule has 180 valence electrons. The SMILES string of the molecule is COc1cc(/C=C2/C(=N)N3N=C(c4cccnc4)SC3=NC2=O)ccc1OCCSc1ccccc1. The second kappa shape index (κ2) is 10.8. The number of hydrogen-bond donors (Lipinski definition) is 1. The Labute approximate surface area is 216 Å².